The highest BCUT2D eigenvalue weighted by Gasteiger charge is 2.15. The second-order valence-corrected chi connectivity index (χ2v) is 4.58. The number of ether oxygens (including phenoxy) is 2. The predicted octanol–water partition coefficient (Wildman–Crippen LogP) is 2.08. The van der Waals surface area contributed by atoms with Gasteiger partial charge in [0.15, 0.2) is 0 Å². The molecule has 7 heteroatoms. The van der Waals surface area contributed by atoms with E-state index in [0.717, 1.165) is 6.07 Å². The van der Waals surface area contributed by atoms with Crippen LogP contribution >= 0.6 is 0 Å². The number of amides is 2. The average Bonchev–Trinajstić information content (AvgIpc) is 2.42. The Hall–Kier alpha value is -2.15. The Bertz CT molecular complexity index is 534. The second-order valence-electron chi connectivity index (χ2n) is 4.58. The van der Waals surface area contributed by atoms with Crippen molar-refractivity contribution in [2.24, 2.45) is 0 Å². The molecule has 6 nitrogen and oxygen atoms in total. The molecule has 0 aliphatic heterocycles. The molecule has 0 aromatic heterocycles. The molecule has 0 spiro atoms. The minimum atomic E-state index is -0.676. The lowest BCUT2D eigenvalue weighted by Gasteiger charge is -2.15. The van der Waals surface area contributed by atoms with Crippen LogP contribution in [0.2, 0.25) is 0 Å². The predicted molar refractivity (Wildman–Crippen MR) is 76.0 cm³/mol. The molecule has 0 heterocycles. The number of anilines is 1. The van der Waals surface area contributed by atoms with Crippen LogP contribution in [0.25, 0.3) is 0 Å². The topological polar surface area (TPSA) is 76.7 Å². The number of esters is 1. The lowest BCUT2D eigenvalue weighted by atomic mass is 10.1. The fraction of sp³-hybridized carbons (Fsp3) is 0.429. The van der Waals surface area contributed by atoms with Crippen molar-refractivity contribution in [1.82, 2.24) is 5.32 Å². The number of hydrogen-bond donors (Lipinski definition) is 2. The Kier molecular flexibility index (Phi) is 6.10. The molecule has 0 unspecified atom stereocenters. The van der Waals surface area contributed by atoms with Gasteiger partial charge in [0.2, 0.25) is 0 Å². The summed E-state index contributed by atoms with van der Waals surface area (Å²) >= 11 is 0. The van der Waals surface area contributed by atoms with Crippen LogP contribution in [-0.4, -0.2) is 38.9 Å². The van der Waals surface area contributed by atoms with E-state index >= 15 is 0 Å². The van der Waals surface area contributed by atoms with Crippen molar-refractivity contribution in [3.05, 3.63) is 29.1 Å². The van der Waals surface area contributed by atoms with E-state index < -0.39 is 17.8 Å². The van der Waals surface area contributed by atoms with Gasteiger partial charge in [0.25, 0.3) is 0 Å². The average molecular weight is 298 g/mol. The van der Waals surface area contributed by atoms with Crippen LogP contribution in [0.5, 0.6) is 0 Å². The number of urea groups is 1. The zero-order valence-electron chi connectivity index (χ0n) is 12.5. The molecule has 116 valence electrons. The summed E-state index contributed by atoms with van der Waals surface area (Å²) in [6, 6.07) is 1.72. The Labute approximate surface area is 122 Å². The summed E-state index contributed by atoms with van der Waals surface area (Å²) in [6.45, 7) is 3.62. The Balaban J connectivity index is 2.89. The van der Waals surface area contributed by atoms with Gasteiger partial charge in [-0.25, -0.2) is 14.0 Å². The second kappa shape index (κ2) is 7.58. The summed E-state index contributed by atoms with van der Waals surface area (Å²) in [6.07, 6.45) is 0. The lowest BCUT2D eigenvalue weighted by Crippen LogP contribution is -2.38. The van der Waals surface area contributed by atoms with Gasteiger partial charge in [-0.1, -0.05) is 0 Å². The molecule has 2 amide bonds. The molecule has 0 radical (unpaired) electrons. The minimum Gasteiger partial charge on any atom is -0.465 e. The van der Waals surface area contributed by atoms with Crippen molar-refractivity contribution in [2.45, 2.75) is 19.9 Å². The highest BCUT2D eigenvalue weighted by atomic mass is 19.1. The summed E-state index contributed by atoms with van der Waals surface area (Å²) in [4.78, 5) is 23.2. The quantitative estimate of drug-likeness (QED) is 0.816. The molecule has 0 aliphatic carbocycles. The molecule has 0 fully saturated rings. The first kappa shape index (κ1) is 16.9. The van der Waals surface area contributed by atoms with Crippen molar-refractivity contribution >= 4 is 17.7 Å². The monoisotopic (exact) mass is 298 g/mol. The summed E-state index contributed by atoms with van der Waals surface area (Å²) in [5, 5.41) is 5.13. The molecule has 1 aromatic rings. The van der Waals surface area contributed by atoms with Crippen LogP contribution < -0.4 is 10.6 Å². The first-order valence-corrected chi connectivity index (χ1v) is 6.34. The highest BCUT2D eigenvalue weighted by Crippen LogP contribution is 2.21. The Morgan fingerprint density at radius 1 is 1.33 bits per heavy atom. The van der Waals surface area contributed by atoms with Crippen LogP contribution in [-0.2, 0) is 9.47 Å². The first-order valence-electron chi connectivity index (χ1n) is 6.34. The standard InChI is InChI=1S/C14H19FN2O4/c1-8(7-20-3)16-14(19)17-12-6-10(13(18)21-4)5-11(15)9(12)2/h5-6,8H,7H2,1-4H3,(H2,16,17,19)/t8-/m0/s1. The summed E-state index contributed by atoms with van der Waals surface area (Å²) in [5.41, 5.74) is 0.468. The van der Waals surface area contributed by atoms with E-state index in [-0.39, 0.29) is 22.9 Å². The van der Waals surface area contributed by atoms with E-state index in [1.807, 2.05) is 0 Å². The van der Waals surface area contributed by atoms with Gasteiger partial charge in [-0.2, -0.15) is 0 Å². The minimum absolute atomic E-state index is 0.0286. The summed E-state index contributed by atoms with van der Waals surface area (Å²) in [5.74, 6) is -1.27. The van der Waals surface area contributed by atoms with E-state index in [9.17, 15) is 14.0 Å². The van der Waals surface area contributed by atoms with E-state index in [4.69, 9.17) is 4.74 Å². The molecular formula is C14H19FN2O4. The molecule has 2 N–H and O–H groups in total. The maximum Gasteiger partial charge on any atom is 0.338 e. The van der Waals surface area contributed by atoms with Gasteiger partial charge < -0.3 is 20.1 Å². The number of rotatable bonds is 5. The third kappa shape index (κ3) is 4.71. The van der Waals surface area contributed by atoms with Gasteiger partial charge in [-0.05, 0) is 26.0 Å². The summed E-state index contributed by atoms with van der Waals surface area (Å²) < 4.78 is 23.2. The van der Waals surface area contributed by atoms with Gasteiger partial charge in [0.05, 0.1) is 25.3 Å². The third-order valence-electron chi connectivity index (χ3n) is 2.81. The Morgan fingerprint density at radius 2 is 2.00 bits per heavy atom. The van der Waals surface area contributed by atoms with Gasteiger partial charge in [0.1, 0.15) is 5.82 Å². The third-order valence-corrected chi connectivity index (χ3v) is 2.81. The smallest absolute Gasteiger partial charge is 0.338 e. The molecule has 1 rings (SSSR count). The molecule has 0 aliphatic rings. The number of nitrogens with one attached hydrogen (secondary N) is 2. The first-order chi connectivity index (χ1) is 9.88. The summed E-state index contributed by atoms with van der Waals surface area (Å²) in [7, 11) is 2.72. The number of carbonyl (C=O) groups is 2. The molecule has 0 saturated heterocycles. The molecule has 1 aromatic carbocycles. The van der Waals surface area contributed by atoms with Crippen LogP contribution in [0.15, 0.2) is 12.1 Å². The molecule has 0 bridgehead atoms. The van der Waals surface area contributed by atoms with Gasteiger partial charge in [-0.15, -0.1) is 0 Å². The maximum atomic E-state index is 13.8. The SMILES string of the molecule is COC[C@H](C)NC(=O)Nc1cc(C(=O)OC)cc(F)c1C. The molecule has 1 atom stereocenters. The van der Waals surface area contributed by atoms with Crippen molar-refractivity contribution in [2.75, 3.05) is 26.1 Å². The Morgan fingerprint density at radius 3 is 2.57 bits per heavy atom. The molecule has 0 saturated carbocycles. The van der Waals surface area contributed by atoms with Crippen LogP contribution in [0, 0.1) is 12.7 Å². The van der Waals surface area contributed by atoms with Gasteiger partial charge in [-0.3, -0.25) is 0 Å². The van der Waals surface area contributed by atoms with E-state index in [0.29, 0.717) is 6.61 Å². The van der Waals surface area contributed by atoms with Crippen molar-refractivity contribution in [1.29, 1.82) is 0 Å². The van der Waals surface area contributed by atoms with Gasteiger partial charge >= 0.3 is 12.0 Å². The van der Waals surface area contributed by atoms with E-state index in [2.05, 4.69) is 15.4 Å². The fourth-order valence-corrected chi connectivity index (χ4v) is 1.72. The maximum absolute atomic E-state index is 13.8. The number of methoxy groups -OCH3 is 2. The zero-order valence-corrected chi connectivity index (χ0v) is 12.5. The van der Waals surface area contributed by atoms with E-state index in [1.54, 1.807) is 6.92 Å². The van der Waals surface area contributed by atoms with Gasteiger partial charge in [0, 0.05) is 18.4 Å². The van der Waals surface area contributed by atoms with Crippen molar-refractivity contribution in [3.8, 4) is 0 Å². The fourth-order valence-electron chi connectivity index (χ4n) is 1.72. The largest absolute Gasteiger partial charge is 0.465 e. The number of halogens is 1. The van der Waals surface area contributed by atoms with Crippen molar-refractivity contribution < 1.29 is 23.5 Å². The number of carbonyl (C=O) groups excluding carboxylic acids is 2. The zero-order chi connectivity index (χ0) is 16.0. The lowest BCUT2D eigenvalue weighted by molar-refractivity contribution is 0.0600. The van der Waals surface area contributed by atoms with Crippen molar-refractivity contribution in [3.63, 3.8) is 0 Å². The highest BCUT2D eigenvalue weighted by molar-refractivity contribution is 5.94. The van der Waals surface area contributed by atoms with Crippen LogP contribution in [0.1, 0.15) is 22.8 Å². The number of hydrogen-bond acceptors (Lipinski definition) is 4. The molecule has 21 heavy (non-hydrogen) atoms. The van der Waals surface area contributed by atoms with Crippen LogP contribution in [0.4, 0.5) is 14.9 Å². The number of benzene rings is 1. The molecular weight excluding hydrogens is 279 g/mol. The van der Waals surface area contributed by atoms with E-state index in [1.165, 1.54) is 27.2 Å². The van der Waals surface area contributed by atoms with Crippen LogP contribution in [0.3, 0.4) is 0 Å². The normalized spacial score (nSPS) is 11.7.